The van der Waals surface area contributed by atoms with Crippen LogP contribution in [-0.2, 0) is 5.75 Å². The van der Waals surface area contributed by atoms with Gasteiger partial charge in [0.05, 0.1) is 5.02 Å². The number of carbonyl (C=O) groups is 1. The van der Waals surface area contributed by atoms with Gasteiger partial charge >= 0.3 is 0 Å². The van der Waals surface area contributed by atoms with E-state index in [1.54, 1.807) is 11.8 Å². The number of fused-ring (bicyclic) bond motifs is 1. The minimum absolute atomic E-state index is 0.148. The molecule has 2 aromatic carbocycles. The molecule has 134 valence electrons. The second kappa shape index (κ2) is 7.74. The summed E-state index contributed by atoms with van der Waals surface area (Å²) in [7, 11) is 0. The van der Waals surface area contributed by atoms with Crippen molar-refractivity contribution in [1.82, 2.24) is 10.6 Å². The molecule has 1 aromatic heterocycles. The van der Waals surface area contributed by atoms with E-state index in [-0.39, 0.29) is 11.9 Å². The summed E-state index contributed by atoms with van der Waals surface area (Å²) in [6, 6.07) is 15.7. The summed E-state index contributed by atoms with van der Waals surface area (Å²) in [5.74, 6) is 0.870. The fourth-order valence-corrected chi connectivity index (χ4v) is 4.43. The molecule has 1 aliphatic heterocycles. The molecule has 1 atom stereocenters. The third-order valence-electron chi connectivity index (χ3n) is 4.51. The topological polar surface area (TPSA) is 54.3 Å². The molecule has 6 heteroatoms. The van der Waals surface area contributed by atoms with Crippen LogP contribution in [0.1, 0.15) is 22.5 Å². The van der Waals surface area contributed by atoms with Crippen molar-refractivity contribution in [2.24, 2.45) is 0 Å². The molecule has 0 radical (unpaired) electrons. The highest BCUT2D eigenvalue weighted by atomic mass is 35.5. The lowest BCUT2D eigenvalue weighted by Crippen LogP contribution is -2.36. The molecular formula is C20H19ClN2O2S. The zero-order valence-electron chi connectivity index (χ0n) is 14.1. The van der Waals surface area contributed by atoms with E-state index >= 15 is 0 Å². The van der Waals surface area contributed by atoms with Gasteiger partial charge in [0, 0.05) is 34.2 Å². The van der Waals surface area contributed by atoms with Gasteiger partial charge in [-0.1, -0.05) is 41.9 Å². The second-order valence-electron chi connectivity index (χ2n) is 6.29. The van der Waals surface area contributed by atoms with Crippen molar-refractivity contribution in [2.75, 3.05) is 13.1 Å². The van der Waals surface area contributed by atoms with Crippen molar-refractivity contribution < 1.29 is 9.21 Å². The number of furan rings is 1. The van der Waals surface area contributed by atoms with Crippen LogP contribution in [0.15, 0.2) is 57.8 Å². The number of amides is 1. The number of benzene rings is 2. The summed E-state index contributed by atoms with van der Waals surface area (Å²) >= 11 is 7.88. The quantitative estimate of drug-likeness (QED) is 0.635. The molecule has 1 unspecified atom stereocenters. The standard InChI is InChI=1S/C20H19ClN2O2S/c21-16-6-2-4-8-18(16)26-12-15-14-5-1-3-7-17(14)25-19(15)20(24)23-13-9-10-22-11-13/h1-8,13,22H,9-12H2,(H,23,24). The molecule has 0 aliphatic carbocycles. The predicted octanol–water partition coefficient (Wildman–Crippen LogP) is 4.47. The van der Waals surface area contributed by atoms with E-state index in [1.165, 1.54) is 0 Å². The zero-order valence-corrected chi connectivity index (χ0v) is 15.7. The van der Waals surface area contributed by atoms with Crippen LogP contribution in [0.2, 0.25) is 5.02 Å². The molecule has 1 fully saturated rings. The van der Waals surface area contributed by atoms with Crippen LogP contribution in [-0.4, -0.2) is 25.0 Å². The highest BCUT2D eigenvalue weighted by molar-refractivity contribution is 7.98. The summed E-state index contributed by atoms with van der Waals surface area (Å²) in [6.45, 7) is 1.73. The lowest BCUT2D eigenvalue weighted by Gasteiger charge is -2.11. The van der Waals surface area contributed by atoms with Crippen molar-refractivity contribution in [3.63, 3.8) is 0 Å². The largest absolute Gasteiger partial charge is 0.451 e. The average Bonchev–Trinajstić information content (AvgIpc) is 3.28. The van der Waals surface area contributed by atoms with Gasteiger partial charge in [-0.15, -0.1) is 11.8 Å². The number of para-hydroxylation sites is 1. The highest BCUT2D eigenvalue weighted by Crippen LogP contribution is 2.34. The Morgan fingerprint density at radius 1 is 1.23 bits per heavy atom. The monoisotopic (exact) mass is 386 g/mol. The van der Waals surface area contributed by atoms with Crippen molar-refractivity contribution in [3.05, 3.63) is 64.9 Å². The van der Waals surface area contributed by atoms with E-state index in [4.69, 9.17) is 16.0 Å². The molecule has 1 saturated heterocycles. The van der Waals surface area contributed by atoms with Crippen LogP contribution in [0.4, 0.5) is 0 Å². The molecule has 0 bridgehead atoms. The van der Waals surface area contributed by atoms with Gasteiger partial charge in [-0.05, 0) is 31.2 Å². The van der Waals surface area contributed by atoms with E-state index < -0.39 is 0 Å². The first-order valence-corrected chi connectivity index (χ1v) is 9.98. The van der Waals surface area contributed by atoms with Gasteiger partial charge in [0.1, 0.15) is 5.58 Å². The van der Waals surface area contributed by atoms with Gasteiger partial charge in [-0.3, -0.25) is 4.79 Å². The normalized spacial score (nSPS) is 16.9. The average molecular weight is 387 g/mol. The van der Waals surface area contributed by atoms with Crippen LogP contribution < -0.4 is 10.6 Å². The summed E-state index contributed by atoms with van der Waals surface area (Å²) in [6.07, 6.45) is 0.940. The van der Waals surface area contributed by atoms with Crippen LogP contribution in [0.25, 0.3) is 11.0 Å². The Morgan fingerprint density at radius 2 is 2.04 bits per heavy atom. The molecular weight excluding hydrogens is 368 g/mol. The minimum Gasteiger partial charge on any atom is -0.451 e. The van der Waals surface area contributed by atoms with E-state index in [2.05, 4.69) is 10.6 Å². The third kappa shape index (κ3) is 3.61. The van der Waals surface area contributed by atoms with Gasteiger partial charge in [-0.2, -0.15) is 0 Å². The zero-order chi connectivity index (χ0) is 17.9. The summed E-state index contributed by atoms with van der Waals surface area (Å²) in [5, 5.41) is 8.02. The number of thioether (sulfide) groups is 1. The molecule has 26 heavy (non-hydrogen) atoms. The first kappa shape index (κ1) is 17.5. The van der Waals surface area contributed by atoms with Gasteiger partial charge in [0.25, 0.3) is 5.91 Å². The molecule has 0 spiro atoms. The number of rotatable bonds is 5. The molecule has 4 rings (SSSR count). The number of halogens is 1. The Balaban J connectivity index is 1.63. The van der Waals surface area contributed by atoms with Gasteiger partial charge in [0.15, 0.2) is 5.76 Å². The fraction of sp³-hybridized carbons (Fsp3) is 0.250. The van der Waals surface area contributed by atoms with Crippen molar-refractivity contribution >= 4 is 40.2 Å². The molecule has 4 nitrogen and oxygen atoms in total. The Kier molecular flexibility index (Phi) is 5.20. The Labute approximate surface area is 161 Å². The van der Waals surface area contributed by atoms with Gasteiger partial charge in [-0.25, -0.2) is 0 Å². The molecule has 2 heterocycles. The first-order chi connectivity index (χ1) is 12.7. The molecule has 1 amide bonds. The lowest BCUT2D eigenvalue weighted by molar-refractivity contribution is 0.0913. The SMILES string of the molecule is O=C(NC1CCNC1)c1oc2ccccc2c1CSc1ccccc1Cl. The predicted molar refractivity (Wildman–Crippen MR) is 106 cm³/mol. The highest BCUT2D eigenvalue weighted by Gasteiger charge is 2.24. The van der Waals surface area contributed by atoms with Crippen molar-refractivity contribution in [3.8, 4) is 0 Å². The minimum atomic E-state index is -0.148. The van der Waals surface area contributed by atoms with E-state index in [1.807, 2.05) is 48.5 Å². The molecule has 2 N–H and O–H groups in total. The maximum atomic E-state index is 12.8. The fourth-order valence-electron chi connectivity index (χ4n) is 3.17. The van der Waals surface area contributed by atoms with Crippen molar-refractivity contribution in [2.45, 2.75) is 23.1 Å². The van der Waals surface area contributed by atoms with Crippen molar-refractivity contribution in [1.29, 1.82) is 0 Å². The first-order valence-electron chi connectivity index (χ1n) is 8.61. The van der Waals surface area contributed by atoms with E-state index in [0.717, 1.165) is 40.9 Å². The Morgan fingerprint density at radius 3 is 2.85 bits per heavy atom. The Bertz CT molecular complexity index is 934. The van der Waals surface area contributed by atoms with Crippen LogP contribution in [0, 0.1) is 0 Å². The number of nitrogens with one attached hydrogen (secondary N) is 2. The maximum absolute atomic E-state index is 12.8. The lowest BCUT2D eigenvalue weighted by atomic mass is 10.1. The van der Waals surface area contributed by atoms with E-state index in [0.29, 0.717) is 16.5 Å². The molecule has 0 saturated carbocycles. The second-order valence-corrected chi connectivity index (χ2v) is 7.71. The maximum Gasteiger partial charge on any atom is 0.287 e. The van der Waals surface area contributed by atoms with Crippen LogP contribution in [0.5, 0.6) is 0 Å². The summed E-state index contributed by atoms with van der Waals surface area (Å²) < 4.78 is 5.91. The smallest absolute Gasteiger partial charge is 0.287 e. The Hall–Kier alpha value is -1.95. The van der Waals surface area contributed by atoms with E-state index in [9.17, 15) is 4.79 Å². The summed E-state index contributed by atoms with van der Waals surface area (Å²) in [4.78, 5) is 13.8. The number of carbonyl (C=O) groups excluding carboxylic acids is 1. The third-order valence-corrected chi connectivity index (χ3v) is 6.05. The van der Waals surface area contributed by atoms with Crippen LogP contribution in [0.3, 0.4) is 0 Å². The van der Waals surface area contributed by atoms with Gasteiger partial charge in [0.2, 0.25) is 0 Å². The molecule has 1 aliphatic rings. The number of hydrogen-bond donors (Lipinski definition) is 2. The van der Waals surface area contributed by atoms with Crippen LogP contribution >= 0.6 is 23.4 Å². The number of hydrogen-bond acceptors (Lipinski definition) is 4. The molecule has 3 aromatic rings. The van der Waals surface area contributed by atoms with Gasteiger partial charge < -0.3 is 15.1 Å². The summed E-state index contributed by atoms with van der Waals surface area (Å²) in [5.41, 5.74) is 1.64.